The van der Waals surface area contributed by atoms with Crippen LogP contribution in [0.5, 0.6) is 5.75 Å². The van der Waals surface area contributed by atoms with Gasteiger partial charge in [0.1, 0.15) is 11.6 Å². The Balaban J connectivity index is 2.01. The molecule has 0 unspecified atom stereocenters. The van der Waals surface area contributed by atoms with Gasteiger partial charge in [0.15, 0.2) is 5.11 Å². The number of thiocarbonyl (C=S) groups is 1. The van der Waals surface area contributed by atoms with Gasteiger partial charge in [-0.05, 0) is 55.5 Å². The smallest absolute Gasteiger partial charge is 0.257 e. The zero-order valence-electron chi connectivity index (χ0n) is 11.9. The lowest BCUT2D eigenvalue weighted by atomic mass is 10.2. The van der Waals surface area contributed by atoms with Crippen LogP contribution in [0.3, 0.4) is 0 Å². The summed E-state index contributed by atoms with van der Waals surface area (Å²) < 4.78 is 18.3. The second-order valence-electron chi connectivity index (χ2n) is 4.34. The minimum atomic E-state index is -0.411. The summed E-state index contributed by atoms with van der Waals surface area (Å²) in [6.07, 6.45) is 0. The van der Waals surface area contributed by atoms with Crippen molar-refractivity contribution in [3.63, 3.8) is 0 Å². The molecule has 0 aromatic heterocycles. The van der Waals surface area contributed by atoms with Crippen molar-refractivity contribution in [3.8, 4) is 5.75 Å². The lowest BCUT2D eigenvalue weighted by Gasteiger charge is -2.13. The van der Waals surface area contributed by atoms with E-state index >= 15 is 0 Å². The summed E-state index contributed by atoms with van der Waals surface area (Å²) in [6.45, 7) is 2.40. The van der Waals surface area contributed by atoms with Crippen LogP contribution in [0.25, 0.3) is 0 Å². The molecule has 2 N–H and O–H groups in total. The summed E-state index contributed by atoms with van der Waals surface area (Å²) in [6, 6.07) is 12.5. The van der Waals surface area contributed by atoms with Crippen molar-refractivity contribution in [1.82, 2.24) is 5.32 Å². The predicted octanol–water partition coefficient (Wildman–Crippen LogP) is 3.35. The maximum absolute atomic E-state index is 12.8. The summed E-state index contributed by atoms with van der Waals surface area (Å²) >= 11 is 5.11. The number of amides is 1. The van der Waals surface area contributed by atoms with Gasteiger partial charge in [0.25, 0.3) is 5.91 Å². The average molecular weight is 318 g/mol. The molecule has 0 saturated heterocycles. The average Bonchev–Trinajstić information content (AvgIpc) is 2.50. The van der Waals surface area contributed by atoms with Crippen molar-refractivity contribution in [2.45, 2.75) is 6.92 Å². The molecule has 114 valence electrons. The number of ether oxygens (including phenoxy) is 1. The van der Waals surface area contributed by atoms with Crippen molar-refractivity contribution < 1.29 is 13.9 Å². The second-order valence-corrected chi connectivity index (χ2v) is 4.75. The van der Waals surface area contributed by atoms with Gasteiger partial charge in [-0.1, -0.05) is 12.1 Å². The largest absolute Gasteiger partial charge is 0.492 e. The molecule has 22 heavy (non-hydrogen) atoms. The highest BCUT2D eigenvalue weighted by Gasteiger charge is 2.09. The summed E-state index contributed by atoms with van der Waals surface area (Å²) in [7, 11) is 0. The highest BCUT2D eigenvalue weighted by Crippen LogP contribution is 2.23. The molecular weight excluding hydrogens is 303 g/mol. The normalized spacial score (nSPS) is 9.91. The summed E-state index contributed by atoms with van der Waals surface area (Å²) in [4.78, 5) is 12.0. The van der Waals surface area contributed by atoms with Crippen LogP contribution in [0.4, 0.5) is 10.1 Å². The molecule has 0 aliphatic heterocycles. The zero-order valence-corrected chi connectivity index (χ0v) is 12.7. The number of para-hydroxylation sites is 2. The van der Waals surface area contributed by atoms with Crippen LogP contribution in [0, 0.1) is 5.82 Å². The van der Waals surface area contributed by atoms with E-state index in [0.29, 0.717) is 23.6 Å². The number of hydrogen-bond acceptors (Lipinski definition) is 3. The Labute approximate surface area is 133 Å². The fourth-order valence-corrected chi connectivity index (χ4v) is 1.98. The Morgan fingerprint density at radius 1 is 1.18 bits per heavy atom. The molecule has 0 spiro atoms. The minimum absolute atomic E-state index is 0.140. The van der Waals surface area contributed by atoms with Gasteiger partial charge >= 0.3 is 0 Å². The topological polar surface area (TPSA) is 50.4 Å². The molecule has 0 heterocycles. The molecule has 0 aliphatic carbocycles. The highest BCUT2D eigenvalue weighted by molar-refractivity contribution is 7.80. The maximum atomic E-state index is 12.8. The van der Waals surface area contributed by atoms with E-state index in [1.165, 1.54) is 24.3 Å². The number of benzene rings is 2. The quantitative estimate of drug-likeness (QED) is 0.849. The lowest BCUT2D eigenvalue weighted by molar-refractivity contribution is 0.0977. The van der Waals surface area contributed by atoms with Crippen LogP contribution in [0.15, 0.2) is 48.5 Å². The number of halogens is 1. The van der Waals surface area contributed by atoms with Gasteiger partial charge < -0.3 is 10.1 Å². The number of nitrogens with one attached hydrogen (secondary N) is 2. The first-order valence-corrected chi connectivity index (χ1v) is 7.10. The molecule has 1 amide bonds. The van der Waals surface area contributed by atoms with Crippen LogP contribution in [0.2, 0.25) is 0 Å². The third kappa shape index (κ3) is 4.26. The van der Waals surface area contributed by atoms with Crippen LogP contribution < -0.4 is 15.4 Å². The first-order chi connectivity index (χ1) is 10.6. The summed E-state index contributed by atoms with van der Waals surface area (Å²) in [5, 5.41) is 5.58. The van der Waals surface area contributed by atoms with E-state index in [9.17, 15) is 9.18 Å². The first-order valence-electron chi connectivity index (χ1n) is 6.70. The Morgan fingerprint density at radius 3 is 2.55 bits per heavy atom. The van der Waals surface area contributed by atoms with Gasteiger partial charge in [-0.2, -0.15) is 0 Å². The van der Waals surface area contributed by atoms with E-state index in [1.807, 2.05) is 19.1 Å². The van der Waals surface area contributed by atoms with Gasteiger partial charge in [-0.3, -0.25) is 10.1 Å². The maximum Gasteiger partial charge on any atom is 0.257 e. The Hall–Kier alpha value is -2.47. The van der Waals surface area contributed by atoms with Gasteiger partial charge in [0, 0.05) is 5.56 Å². The van der Waals surface area contributed by atoms with Crippen LogP contribution in [-0.4, -0.2) is 17.6 Å². The molecule has 4 nitrogen and oxygen atoms in total. The molecular formula is C16H15FN2O2S. The molecule has 0 bridgehead atoms. The number of rotatable bonds is 4. The van der Waals surface area contributed by atoms with Gasteiger partial charge in [-0.25, -0.2) is 4.39 Å². The van der Waals surface area contributed by atoms with Crippen molar-refractivity contribution in [2.75, 3.05) is 11.9 Å². The molecule has 2 aromatic rings. The molecule has 2 aromatic carbocycles. The number of hydrogen-bond donors (Lipinski definition) is 2. The molecule has 0 atom stereocenters. The first kappa shape index (κ1) is 15.9. The van der Waals surface area contributed by atoms with Gasteiger partial charge in [-0.15, -0.1) is 0 Å². The van der Waals surface area contributed by atoms with Gasteiger partial charge in [0.05, 0.1) is 12.3 Å². The minimum Gasteiger partial charge on any atom is -0.492 e. The van der Waals surface area contributed by atoms with E-state index in [0.717, 1.165) is 0 Å². The Bertz CT molecular complexity index is 674. The molecule has 0 aliphatic rings. The Kier molecular flexibility index (Phi) is 5.43. The monoisotopic (exact) mass is 318 g/mol. The number of anilines is 1. The van der Waals surface area contributed by atoms with Crippen LogP contribution in [0.1, 0.15) is 17.3 Å². The van der Waals surface area contributed by atoms with Crippen molar-refractivity contribution in [1.29, 1.82) is 0 Å². The van der Waals surface area contributed by atoms with Crippen molar-refractivity contribution in [2.24, 2.45) is 0 Å². The van der Waals surface area contributed by atoms with E-state index < -0.39 is 11.7 Å². The van der Waals surface area contributed by atoms with E-state index in [-0.39, 0.29) is 5.11 Å². The second kappa shape index (κ2) is 7.51. The summed E-state index contributed by atoms with van der Waals surface area (Å²) in [5.41, 5.74) is 0.984. The van der Waals surface area contributed by atoms with Crippen molar-refractivity contribution >= 4 is 28.9 Å². The van der Waals surface area contributed by atoms with Crippen LogP contribution >= 0.6 is 12.2 Å². The molecule has 2 rings (SSSR count). The number of carbonyl (C=O) groups excluding carboxylic acids is 1. The molecule has 6 heteroatoms. The number of carbonyl (C=O) groups is 1. The SMILES string of the molecule is CCOc1ccccc1NC(=S)NC(=O)c1ccc(F)cc1. The summed E-state index contributed by atoms with van der Waals surface area (Å²) in [5.74, 6) is -0.169. The third-order valence-electron chi connectivity index (χ3n) is 2.77. The fourth-order valence-electron chi connectivity index (χ4n) is 1.78. The van der Waals surface area contributed by atoms with E-state index in [4.69, 9.17) is 17.0 Å². The highest BCUT2D eigenvalue weighted by atomic mass is 32.1. The van der Waals surface area contributed by atoms with Crippen molar-refractivity contribution in [3.05, 3.63) is 59.9 Å². The third-order valence-corrected chi connectivity index (χ3v) is 2.97. The van der Waals surface area contributed by atoms with Gasteiger partial charge in [0.2, 0.25) is 0 Å². The molecule has 0 fully saturated rings. The zero-order chi connectivity index (χ0) is 15.9. The fraction of sp³-hybridized carbons (Fsp3) is 0.125. The molecule has 0 saturated carbocycles. The Morgan fingerprint density at radius 2 is 1.86 bits per heavy atom. The van der Waals surface area contributed by atoms with Crippen LogP contribution in [-0.2, 0) is 0 Å². The van der Waals surface area contributed by atoms with E-state index in [1.54, 1.807) is 12.1 Å². The van der Waals surface area contributed by atoms with E-state index in [2.05, 4.69) is 10.6 Å². The molecule has 0 radical (unpaired) electrons. The predicted molar refractivity (Wildman–Crippen MR) is 87.7 cm³/mol. The standard InChI is InChI=1S/C16H15FN2O2S/c1-2-21-14-6-4-3-5-13(14)18-16(22)19-15(20)11-7-9-12(17)10-8-11/h3-10H,2H2,1H3,(H2,18,19,20,22). The lowest BCUT2D eigenvalue weighted by Crippen LogP contribution is -2.34.